The Morgan fingerprint density at radius 2 is 1.21 bits per heavy atom. The van der Waals surface area contributed by atoms with Gasteiger partial charge in [-0.1, -0.05) is 0 Å². The van der Waals surface area contributed by atoms with Crippen LogP contribution in [0.3, 0.4) is 0 Å². The number of phenolic OH excluding ortho intramolecular Hbond substituents is 2. The minimum atomic E-state index is -4.92. The average molecular weight is 342 g/mol. The molecule has 0 fully saturated rings. The van der Waals surface area contributed by atoms with Crippen molar-refractivity contribution in [3.05, 3.63) is 12.1 Å². The molecule has 1 rings (SSSR count). The Morgan fingerprint density at radius 1 is 0.789 bits per heavy atom. The first-order valence-electron chi connectivity index (χ1n) is 3.54. The Kier molecular flexibility index (Phi) is 12.0. The zero-order chi connectivity index (χ0) is 12.7. The van der Waals surface area contributed by atoms with E-state index in [1.165, 1.54) is 0 Å². The topological polar surface area (TPSA) is 149 Å². The molecule has 4 N–H and O–H groups in total. The molecule has 0 saturated carbocycles. The fraction of sp³-hybridized carbons (Fsp3) is 0. The van der Waals surface area contributed by atoms with Crippen molar-refractivity contribution in [2.45, 2.75) is 9.79 Å². The third-order valence-corrected chi connectivity index (χ3v) is 3.30. The van der Waals surface area contributed by atoms with E-state index in [4.69, 9.17) is 19.3 Å². The molecule has 0 unspecified atom stereocenters. The molecule has 0 radical (unpaired) electrons. The van der Waals surface area contributed by atoms with Crippen LogP contribution < -0.4 is 0 Å². The summed E-state index contributed by atoms with van der Waals surface area (Å²) in [6.07, 6.45) is 0. The predicted molar refractivity (Wildman–Crippen MR) is 70.8 cm³/mol. The van der Waals surface area contributed by atoms with Crippen LogP contribution >= 0.6 is 0 Å². The Morgan fingerprint density at radius 3 is 1.53 bits per heavy atom. The van der Waals surface area contributed by atoms with Crippen molar-refractivity contribution in [3.63, 3.8) is 0 Å². The number of phenols is 2. The van der Waals surface area contributed by atoms with Crippen molar-refractivity contribution in [2.24, 2.45) is 0 Å². The molecule has 0 spiro atoms. The molecule has 0 atom stereocenters. The summed E-state index contributed by atoms with van der Waals surface area (Å²) in [7, 11) is -9.70. The van der Waals surface area contributed by atoms with E-state index >= 15 is 0 Å². The van der Waals surface area contributed by atoms with Crippen LogP contribution in [0.25, 0.3) is 0 Å². The van der Waals surface area contributed by atoms with Gasteiger partial charge in [-0.3, -0.25) is 9.11 Å². The van der Waals surface area contributed by atoms with E-state index in [-0.39, 0.29) is 88.7 Å². The van der Waals surface area contributed by atoms with Crippen LogP contribution in [0.2, 0.25) is 0 Å². The van der Waals surface area contributed by atoms with Gasteiger partial charge in [0.1, 0.15) is 4.90 Å². The summed E-state index contributed by atoms with van der Waals surface area (Å²) in [6, 6.07) is 0.735. The van der Waals surface area contributed by atoms with Gasteiger partial charge in [-0.2, -0.15) is 16.8 Å². The molecule has 13 heteroatoms. The second-order valence-corrected chi connectivity index (χ2v) is 5.55. The third kappa shape index (κ3) is 6.96. The number of hydrogen-bond donors (Lipinski definition) is 4. The number of aromatic hydroxyl groups is 2. The normalized spacial score (nSPS) is 10.6. The van der Waals surface area contributed by atoms with Gasteiger partial charge in [-0.15, -0.1) is 0 Å². The zero-order valence-corrected chi connectivity index (χ0v) is 9.03. The quantitative estimate of drug-likeness (QED) is 0.265. The van der Waals surface area contributed by atoms with Gasteiger partial charge in [0, 0.05) is 6.07 Å². The van der Waals surface area contributed by atoms with Crippen LogP contribution in [0.1, 0.15) is 0 Å². The Hall–Kier alpha value is 1.64. The number of benzene rings is 1. The first-order chi connectivity index (χ1) is 7.03. The van der Waals surface area contributed by atoms with Crippen molar-refractivity contribution in [1.29, 1.82) is 0 Å². The summed E-state index contributed by atoms with van der Waals surface area (Å²) < 4.78 is 59.9. The summed E-state index contributed by atoms with van der Waals surface area (Å²) in [5.41, 5.74) is 0. The molecular weight excluding hydrogens is 333 g/mol. The van der Waals surface area contributed by atoms with E-state index in [1.807, 2.05) is 0 Å². The Bertz CT molecular complexity index is 639. The van der Waals surface area contributed by atoms with Crippen LogP contribution in [-0.4, -0.2) is 125 Å². The summed E-state index contributed by atoms with van der Waals surface area (Å²) in [5.74, 6) is -2.32. The first kappa shape index (κ1) is 25.6. The summed E-state index contributed by atoms with van der Waals surface area (Å²) in [6.45, 7) is 0. The number of rotatable bonds is 2. The fourth-order valence-corrected chi connectivity index (χ4v) is 2.14. The van der Waals surface area contributed by atoms with Crippen molar-refractivity contribution in [1.82, 2.24) is 0 Å². The Labute approximate surface area is 176 Å². The molecule has 1 aromatic carbocycles. The van der Waals surface area contributed by atoms with Crippen molar-refractivity contribution >= 4 is 109 Å². The molecule has 0 aliphatic carbocycles. The maximum atomic E-state index is 10.7. The van der Waals surface area contributed by atoms with Gasteiger partial charge in [-0.05, 0) is 6.07 Å². The van der Waals surface area contributed by atoms with Crippen molar-refractivity contribution < 1.29 is 36.2 Å². The first-order valence-corrected chi connectivity index (χ1v) is 6.42. The maximum absolute atomic E-state index is 10.7. The van der Waals surface area contributed by atoms with Gasteiger partial charge < -0.3 is 10.2 Å². The second-order valence-electron chi connectivity index (χ2n) is 2.74. The molecule has 0 amide bonds. The summed E-state index contributed by atoms with van der Waals surface area (Å²) >= 11 is 0. The summed E-state index contributed by atoms with van der Waals surface area (Å²) in [4.78, 5) is -2.20. The van der Waals surface area contributed by atoms with Gasteiger partial charge >= 0.3 is 88.7 Å². The Balaban J connectivity index is -0.000000853. The van der Waals surface area contributed by atoms with Crippen LogP contribution in [0, 0.1) is 0 Å². The number of hydrogen-bond acceptors (Lipinski definition) is 6. The van der Waals surface area contributed by atoms with E-state index in [0.717, 1.165) is 0 Å². The van der Waals surface area contributed by atoms with E-state index in [1.54, 1.807) is 0 Å². The molecule has 0 aliphatic heterocycles. The summed E-state index contributed by atoms with van der Waals surface area (Å²) in [5, 5.41) is 18.1. The molecule has 19 heavy (non-hydrogen) atoms. The van der Waals surface area contributed by atoms with E-state index in [2.05, 4.69) is 0 Å². The van der Waals surface area contributed by atoms with E-state index in [0.29, 0.717) is 12.1 Å². The second kappa shape index (κ2) is 8.93. The SMILES string of the molecule is O=S(=O)(O)c1cc(O)c(O)c(S(=O)(=O)O)c1.[NaH].[NaH].[NaH]. The monoisotopic (exact) mass is 342 g/mol. The molecule has 0 aliphatic rings. The van der Waals surface area contributed by atoms with Gasteiger partial charge in [0.15, 0.2) is 11.5 Å². The van der Waals surface area contributed by atoms with Crippen LogP contribution in [0.4, 0.5) is 0 Å². The average Bonchev–Trinajstić information content (AvgIpc) is 2.05. The predicted octanol–water partition coefficient (Wildman–Crippen LogP) is -2.35. The minimum absolute atomic E-state index is 0. The van der Waals surface area contributed by atoms with Crippen LogP contribution in [-0.2, 0) is 20.2 Å². The van der Waals surface area contributed by atoms with Crippen LogP contribution in [0.5, 0.6) is 11.5 Å². The van der Waals surface area contributed by atoms with Gasteiger partial charge in [0.05, 0.1) is 4.90 Å². The van der Waals surface area contributed by atoms with Gasteiger partial charge in [0.2, 0.25) is 0 Å². The molecule has 0 heterocycles. The van der Waals surface area contributed by atoms with Crippen LogP contribution in [0.15, 0.2) is 21.9 Å². The molecule has 8 nitrogen and oxygen atoms in total. The molecule has 0 aromatic heterocycles. The van der Waals surface area contributed by atoms with E-state index in [9.17, 15) is 16.8 Å². The van der Waals surface area contributed by atoms with Gasteiger partial charge in [0.25, 0.3) is 20.2 Å². The standard InChI is InChI=1S/C6H6O8S2.3Na.3H/c7-4-1-3(15(9,10)11)2-5(6(4)8)16(12,13)14;;;;;;/h1-2,7-8H,(H,9,10,11)(H,12,13,14);;;;;;. The van der Waals surface area contributed by atoms with Gasteiger partial charge in [-0.25, -0.2) is 0 Å². The van der Waals surface area contributed by atoms with E-state index < -0.39 is 41.5 Å². The molecule has 0 bridgehead atoms. The molecular formula is C6H9Na3O8S2. The molecule has 0 saturated heterocycles. The van der Waals surface area contributed by atoms with Crippen molar-refractivity contribution in [3.8, 4) is 11.5 Å². The molecule has 1 aromatic rings. The fourth-order valence-electron chi connectivity index (χ4n) is 0.914. The molecule has 96 valence electrons. The third-order valence-electron chi connectivity index (χ3n) is 1.60. The van der Waals surface area contributed by atoms with Crippen molar-refractivity contribution in [2.75, 3.05) is 0 Å². The zero-order valence-electron chi connectivity index (χ0n) is 7.39.